The molecule has 0 bridgehead atoms. The molecular formula is C8H11BrN4O3. The molecule has 0 aliphatic heterocycles. The Morgan fingerprint density at radius 3 is 3.06 bits per heavy atom. The molecule has 0 atom stereocenters. The Morgan fingerprint density at radius 2 is 2.44 bits per heavy atom. The Hall–Kier alpha value is -1.57. The van der Waals surface area contributed by atoms with Crippen LogP contribution in [0.4, 0.5) is 10.5 Å². The van der Waals surface area contributed by atoms with Gasteiger partial charge in [-0.15, -0.1) is 0 Å². The number of hydrogen-bond donors (Lipinski definition) is 2. The lowest BCUT2D eigenvalue weighted by atomic mass is 10.4. The highest BCUT2D eigenvalue weighted by molar-refractivity contribution is 9.10. The molecule has 0 aliphatic carbocycles. The summed E-state index contributed by atoms with van der Waals surface area (Å²) in [5.74, 6) is 0. The molecule has 0 radical (unpaired) electrons. The van der Waals surface area contributed by atoms with Crippen LogP contribution in [0.2, 0.25) is 0 Å². The van der Waals surface area contributed by atoms with Crippen LogP contribution in [0.15, 0.2) is 15.5 Å². The Bertz CT molecular complexity index is 445. The number of primary amides is 1. The van der Waals surface area contributed by atoms with E-state index in [1.807, 2.05) is 0 Å². The summed E-state index contributed by atoms with van der Waals surface area (Å²) in [4.78, 5) is 21.7. The van der Waals surface area contributed by atoms with Crippen molar-refractivity contribution in [3.05, 3.63) is 21.0 Å². The third-order valence-electron chi connectivity index (χ3n) is 1.74. The molecule has 1 aromatic heterocycles. The van der Waals surface area contributed by atoms with Crippen LogP contribution in [0.3, 0.4) is 0 Å². The standard InChI is InChI=1S/C8H11BrN4O3/c1-13-7(14)6(9)5(4-12-13)11-2-3-16-8(10)15/h4,11H,2-3H2,1H3,(H2,10,15). The van der Waals surface area contributed by atoms with Crippen LogP contribution in [0.5, 0.6) is 0 Å². The van der Waals surface area contributed by atoms with E-state index < -0.39 is 6.09 Å². The molecule has 0 aromatic carbocycles. The molecule has 16 heavy (non-hydrogen) atoms. The van der Waals surface area contributed by atoms with Crippen LogP contribution in [0, 0.1) is 0 Å². The van der Waals surface area contributed by atoms with Crippen LogP contribution in [0.25, 0.3) is 0 Å². The average molecular weight is 291 g/mol. The smallest absolute Gasteiger partial charge is 0.404 e. The molecule has 7 nitrogen and oxygen atoms in total. The van der Waals surface area contributed by atoms with E-state index in [1.54, 1.807) is 7.05 Å². The van der Waals surface area contributed by atoms with Crippen LogP contribution in [-0.2, 0) is 11.8 Å². The molecule has 3 N–H and O–H groups in total. The second-order valence-electron chi connectivity index (χ2n) is 2.90. The van der Waals surface area contributed by atoms with E-state index in [0.29, 0.717) is 16.7 Å². The molecule has 1 aromatic rings. The molecular weight excluding hydrogens is 280 g/mol. The number of aryl methyl sites for hydroxylation is 1. The van der Waals surface area contributed by atoms with Gasteiger partial charge in [0.25, 0.3) is 5.56 Å². The molecule has 1 rings (SSSR count). The van der Waals surface area contributed by atoms with Gasteiger partial charge in [-0.1, -0.05) is 0 Å². The minimum Gasteiger partial charge on any atom is -0.448 e. The molecule has 1 heterocycles. The minimum atomic E-state index is -0.831. The van der Waals surface area contributed by atoms with E-state index in [-0.39, 0.29) is 12.2 Å². The van der Waals surface area contributed by atoms with Gasteiger partial charge in [-0.3, -0.25) is 4.79 Å². The van der Waals surface area contributed by atoms with E-state index >= 15 is 0 Å². The first-order valence-electron chi connectivity index (χ1n) is 4.40. The number of anilines is 1. The number of nitrogens with one attached hydrogen (secondary N) is 1. The summed E-state index contributed by atoms with van der Waals surface area (Å²) in [7, 11) is 1.55. The summed E-state index contributed by atoms with van der Waals surface area (Å²) in [6.07, 6.45) is 0.665. The van der Waals surface area contributed by atoms with E-state index in [2.05, 4.69) is 31.1 Å². The summed E-state index contributed by atoms with van der Waals surface area (Å²) >= 11 is 3.14. The maximum absolute atomic E-state index is 11.4. The molecule has 0 unspecified atom stereocenters. The van der Waals surface area contributed by atoms with Crippen molar-refractivity contribution in [1.29, 1.82) is 0 Å². The lowest BCUT2D eigenvalue weighted by Crippen LogP contribution is -2.23. The number of carbonyl (C=O) groups excluding carboxylic acids is 1. The van der Waals surface area contributed by atoms with Crippen LogP contribution < -0.4 is 16.6 Å². The normalized spacial score (nSPS) is 9.88. The summed E-state index contributed by atoms with van der Waals surface area (Å²) < 4.78 is 6.10. The molecule has 0 saturated heterocycles. The molecule has 0 fully saturated rings. The first-order valence-corrected chi connectivity index (χ1v) is 5.19. The quantitative estimate of drug-likeness (QED) is 0.764. The third kappa shape index (κ3) is 3.23. The number of rotatable bonds is 4. The fourth-order valence-electron chi connectivity index (χ4n) is 0.971. The fraction of sp³-hybridized carbons (Fsp3) is 0.375. The van der Waals surface area contributed by atoms with E-state index in [0.717, 1.165) is 0 Å². The molecule has 1 amide bonds. The first kappa shape index (κ1) is 12.5. The molecule has 88 valence electrons. The predicted octanol–water partition coefficient (Wildman–Crippen LogP) is 0.0500. The topological polar surface area (TPSA) is 99.2 Å². The minimum absolute atomic E-state index is 0.122. The summed E-state index contributed by atoms with van der Waals surface area (Å²) in [5, 5.41) is 6.71. The van der Waals surface area contributed by atoms with E-state index in [9.17, 15) is 9.59 Å². The highest BCUT2D eigenvalue weighted by Gasteiger charge is 2.05. The summed E-state index contributed by atoms with van der Waals surface area (Å²) in [6.45, 7) is 0.466. The zero-order valence-corrected chi connectivity index (χ0v) is 10.2. The second-order valence-corrected chi connectivity index (χ2v) is 3.69. The molecule has 0 saturated carbocycles. The monoisotopic (exact) mass is 290 g/mol. The van der Waals surface area contributed by atoms with Gasteiger partial charge >= 0.3 is 6.09 Å². The van der Waals surface area contributed by atoms with Crippen LogP contribution >= 0.6 is 15.9 Å². The van der Waals surface area contributed by atoms with Gasteiger partial charge in [-0.05, 0) is 15.9 Å². The number of halogens is 1. The van der Waals surface area contributed by atoms with Gasteiger partial charge in [-0.2, -0.15) is 5.10 Å². The Morgan fingerprint density at radius 1 is 1.75 bits per heavy atom. The molecule has 0 aliphatic rings. The Balaban J connectivity index is 2.58. The van der Waals surface area contributed by atoms with Crippen molar-refractivity contribution in [2.75, 3.05) is 18.5 Å². The van der Waals surface area contributed by atoms with Gasteiger partial charge in [-0.25, -0.2) is 9.48 Å². The lowest BCUT2D eigenvalue weighted by molar-refractivity contribution is 0.161. The van der Waals surface area contributed by atoms with Crippen molar-refractivity contribution >= 4 is 27.7 Å². The van der Waals surface area contributed by atoms with Crippen molar-refractivity contribution in [1.82, 2.24) is 9.78 Å². The number of ether oxygens (including phenoxy) is 1. The zero-order chi connectivity index (χ0) is 12.1. The second kappa shape index (κ2) is 5.50. The molecule has 0 spiro atoms. The van der Waals surface area contributed by atoms with Gasteiger partial charge in [0, 0.05) is 13.6 Å². The van der Waals surface area contributed by atoms with E-state index in [1.165, 1.54) is 10.9 Å². The van der Waals surface area contributed by atoms with Gasteiger partial charge in [0.15, 0.2) is 0 Å². The van der Waals surface area contributed by atoms with Gasteiger partial charge < -0.3 is 15.8 Å². The number of amides is 1. The Labute approximate surface area is 99.7 Å². The average Bonchev–Trinajstić information content (AvgIpc) is 2.23. The predicted molar refractivity (Wildman–Crippen MR) is 61.2 cm³/mol. The number of carbonyl (C=O) groups is 1. The maximum Gasteiger partial charge on any atom is 0.404 e. The zero-order valence-electron chi connectivity index (χ0n) is 8.57. The van der Waals surface area contributed by atoms with Gasteiger partial charge in [0.2, 0.25) is 0 Å². The summed E-state index contributed by atoms with van der Waals surface area (Å²) in [5.41, 5.74) is 5.07. The van der Waals surface area contributed by atoms with Crippen LogP contribution in [-0.4, -0.2) is 29.0 Å². The SMILES string of the molecule is Cn1ncc(NCCOC(N)=O)c(Br)c1=O. The van der Waals surface area contributed by atoms with Crippen LogP contribution in [0.1, 0.15) is 0 Å². The number of hydrogen-bond acceptors (Lipinski definition) is 5. The lowest BCUT2D eigenvalue weighted by Gasteiger charge is -2.08. The fourth-order valence-corrected chi connectivity index (χ4v) is 1.47. The van der Waals surface area contributed by atoms with Crippen molar-refractivity contribution in [2.45, 2.75) is 0 Å². The van der Waals surface area contributed by atoms with Crippen molar-refractivity contribution in [2.24, 2.45) is 12.8 Å². The van der Waals surface area contributed by atoms with Gasteiger partial charge in [0.1, 0.15) is 11.1 Å². The largest absolute Gasteiger partial charge is 0.448 e. The van der Waals surface area contributed by atoms with Crippen molar-refractivity contribution < 1.29 is 9.53 Å². The third-order valence-corrected chi connectivity index (χ3v) is 2.51. The Kier molecular flexibility index (Phi) is 4.29. The first-order chi connectivity index (χ1) is 7.52. The van der Waals surface area contributed by atoms with Crippen molar-refractivity contribution in [3.8, 4) is 0 Å². The van der Waals surface area contributed by atoms with Gasteiger partial charge in [0.05, 0.1) is 11.9 Å². The summed E-state index contributed by atoms with van der Waals surface area (Å²) in [6, 6.07) is 0. The van der Waals surface area contributed by atoms with Crippen molar-refractivity contribution in [3.63, 3.8) is 0 Å². The highest BCUT2D eigenvalue weighted by Crippen LogP contribution is 2.14. The number of nitrogens with zero attached hydrogens (tertiary/aromatic N) is 2. The number of aromatic nitrogens is 2. The molecule has 8 heteroatoms. The number of nitrogens with two attached hydrogens (primary N) is 1. The maximum atomic E-state index is 11.4. The van der Waals surface area contributed by atoms with E-state index in [4.69, 9.17) is 5.73 Å². The highest BCUT2D eigenvalue weighted by atomic mass is 79.9.